The van der Waals surface area contributed by atoms with Gasteiger partial charge in [0.2, 0.25) is 5.89 Å². The summed E-state index contributed by atoms with van der Waals surface area (Å²) in [7, 11) is 0. The maximum absolute atomic E-state index is 5.61. The molecule has 6 heteroatoms. The first-order chi connectivity index (χ1) is 10.6. The van der Waals surface area contributed by atoms with Crippen molar-refractivity contribution in [3.05, 3.63) is 17.3 Å². The van der Waals surface area contributed by atoms with Crippen LogP contribution in [0.4, 0.5) is 0 Å². The Bertz CT molecular complexity index is 527. The SMILES string of the molecule is CCNC(=NCc1nc(C)c(C)o1)N1CCC2(CCOC2)C1. The van der Waals surface area contributed by atoms with Crippen LogP contribution in [0.25, 0.3) is 0 Å². The topological polar surface area (TPSA) is 62.9 Å². The molecule has 3 rings (SSSR count). The summed E-state index contributed by atoms with van der Waals surface area (Å²) in [6.45, 7) is 11.2. The van der Waals surface area contributed by atoms with E-state index in [0.717, 1.165) is 50.3 Å². The lowest BCUT2D eigenvalue weighted by atomic mass is 9.87. The van der Waals surface area contributed by atoms with Gasteiger partial charge in [-0.1, -0.05) is 0 Å². The molecule has 0 aromatic carbocycles. The Kier molecular flexibility index (Phi) is 4.38. The largest absolute Gasteiger partial charge is 0.444 e. The highest BCUT2D eigenvalue weighted by molar-refractivity contribution is 5.80. The summed E-state index contributed by atoms with van der Waals surface area (Å²) in [5, 5.41) is 3.39. The standard InChI is InChI=1S/C16H26N4O2/c1-4-17-15(18-9-14-19-12(2)13(3)22-14)20-7-5-16(10-20)6-8-21-11-16/h4-11H2,1-3H3,(H,17,18). The van der Waals surface area contributed by atoms with Crippen molar-refractivity contribution < 1.29 is 9.15 Å². The first-order valence-electron chi connectivity index (χ1n) is 8.16. The van der Waals surface area contributed by atoms with Crippen molar-refractivity contribution in [1.82, 2.24) is 15.2 Å². The lowest BCUT2D eigenvalue weighted by Gasteiger charge is -2.24. The molecular formula is C16H26N4O2. The highest BCUT2D eigenvalue weighted by atomic mass is 16.5. The molecule has 2 aliphatic heterocycles. The molecular weight excluding hydrogens is 280 g/mol. The van der Waals surface area contributed by atoms with Gasteiger partial charge in [-0.05, 0) is 33.6 Å². The molecule has 1 spiro atoms. The number of guanidine groups is 1. The fourth-order valence-electron chi connectivity index (χ4n) is 3.26. The zero-order chi connectivity index (χ0) is 15.6. The van der Waals surface area contributed by atoms with Gasteiger partial charge in [-0.3, -0.25) is 0 Å². The van der Waals surface area contributed by atoms with E-state index in [-0.39, 0.29) is 0 Å². The molecule has 0 saturated carbocycles. The number of likely N-dealkylation sites (tertiary alicyclic amines) is 1. The van der Waals surface area contributed by atoms with Gasteiger partial charge in [0.15, 0.2) is 5.96 Å². The summed E-state index contributed by atoms with van der Waals surface area (Å²) in [6.07, 6.45) is 2.36. The number of aliphatic imine (C=N–C) groups is 1. The van der Waals surface area contributed by atoms with E-state index in [0.29, 0.717) is 17.9 Å². The van der Waals surface area contributed by atoms with Crippen molar-refractivity contribution in [1.29, 1.82) is 0 Å². The number of nitrogens with one attached hydrogen (secondary N) is 1. The predicted molar refractivity (Wildman–Crippen MR) is 84.9 cm³/mol. The molecule has 6 nitrogen and oxygen atoms in total. The molecule has 22 heavy (non-hydrogen) atoms. The Balaban J connectivity index is 1.68. The van der Waals surface area contributed by atoms with Crippen LogP contribution in [0.1, 0.15) is 37.1 Å². The van der Waals surface area contributed by atoms with Crippen molar-refractivity contribution >= 4 is 5.96 Å². The molecule has 0 radical (unpaired) electrons. The van der Waals surface area contributed by atoms with Gasteiger partial charge in [-0.2, -0.15) is 0 Å². The van der Waals surface area contributed by atoms with E-state index in [2.05, 4.69) is 22.1 Å². The highest BCUT2D eigenvalue weighted by Gasteiger charge is 2.42. The lowest BCUT2D eigenvalue weighted by Crippen LogP contribution is -2.41. The molecule has 2 saturated heterocycles. The summed E-state index contributed by atoms with van der Waals surface area (Å²) < 4.78 is 11.2. The second-order valence-corrected chi connectivity index (χ2v) is 6.39. The van der Waals surface area contributed by atoms with Crippen LogP contribution < -0.4 is 5.32 Å². The van der Waals surface area contributed by atoms with E-state index >= 15 is 0 Å². The molecule has 0 amide bonds. The number of hydrogen-bond acceptors (Lipinski definition) is 4. The maximum atomic E-state index is 5.61. The quantitative estimate of drug-likeness (QED) is 0.682. The van der Waals surface area contributed by atoms with E-state index < -0.39 is 0 Å². The minimum atomic E-state index is 0.340. The zero-order valence-electron chi connectivity index (χ0n) is 13.8. The van der Waals surface area contributed by atoms with Gasteiger partial charge in [0.25, 0.3) is 0 Å². The van der Waals surface area contributed by atoms with Crippen LogP contribution in [0.3, 0.4) is 0 Å². The van der Waals surface area contributed by atoms with Gasteiger partial charge in [0.1, 0.15) is 12.3 Å². The molecule has 1 aromatic rings. The van der Waals surface area contributed by atoms with Crippen molar-refractivity contribution in [2.75, 3.05) is 32.8 Å². The number of aromatic nitrogens is 1. The van der Waals surface area contributed by atoms with Crippen LogP contribution in [0.2, 0.25) is 0 Å². The lowest BCUT2D eigenvalue weighted by molar-refractivity contribution is 0.156. The van der Waals surface area contributed by atoms with Crippen molar-refractivity contribution in [3.8, 4) is 0 Å². The van der Waals surface area contributed by atoms with Crippen molar-refractivity contribution in [3.63, 3.8) is 0 Å². The number of hydrogen-bond donors (Lipinski definition) is 1. The fourth-order valence-corrected chi connectivity index (χ4v) is 3.26. The number of aryl methyl sites for hydroxylation is 2. The van der Waals surface area contributed by atoms with Crippen LogP contribution in [-0.2, 0) is 11.3 Å². The molecule has 1 N–H and O–H groups in total. The third-order valence-corrected chi connectivity index (χ3v) is 4.69. The van der Waals surface area contributed by atoms with Crippen LogP contribution in [0.5, 0.6) is 0 Å². The minimum absolute atomic E-state index is 0.340. The summed E-state index contributed by atoms with van der Waals surface area (Å²) in [4.78, 5) is 11.5. The molecule has 0 bridgehead atoms. The van der Waals surface area contributed by atoms with Gasteiger partial charge in [0.05, 0.1) is 12.3 Å². The molecule has 1 unspecified atom stereocenters. The van der Waals surface area contributed by atoms with Gasteiger partial charge in [-0.15, -0.1) is 0 Å². The Labute approximate surface area is 131 Å². The van der Waals surface area contributed by atoms with Crippen LogP contribution in [0.15, 0.2) is 9.41 Å². The van der Waals surface area contributed by atoms with Gasteiger partial charge in [0, 0.05) is 31.7 Å². The Hall–Kier alpha value is -1.56. The summed E-state index contributed by atoms with van der Waals surface area (Å²) in [5.41, 5.74) is 1.28. The molecule has 2 fully saturated rings. The first-order valence-corrected chi connectivity index (χ1v) is 8.16. The number of rotatable bonds is 3. The average molecular weight is 306 g/mol. The first kappa shape index (κ1) is 15.3. The third-order valence-electron chi connectivity index (χ3n) is 4.69. The molecule has 1 aromatic heterocycles. The predicted octanol–water partition coefficient (Wildman–Crippen LogP) is 1.87. The van der Waals surface area contributed by atoms with Crippen LogP contribution in [-0.4, -0.2) is 48.7 Å². The zero-order valence-corrected chi connectivity index (χ0v) is 13.8. The highest BCUT2D eigenvalue weighted by Crippen LogP contribution is 2.38. The monoisotopic (exact) mass is 306 g/mol. The Morgan fingerprint density at radius 3 is 2.91 bits per heavy atom. The smallest absolute Gasteiger partial charge is 0.216 e. The normalized spacial score (nSPS) is 25.4. The van der Waals surface area contributed by atoms with E-state index in [9.17, 15) is 0 Å². The fraction of sp³-hybridized carbons (Fsp3) is 0.750. The number of ether oxygens (including phenoxy) is 1. The van der Waals surface area contributed by atoms with E-state index in [1.54, 1.807) is 0 Å². The van der Waals surface area contributed by atoms with Crippen LogP contribution >= 0.6 is 0 Å². The average Bonchev–Trinajstić information content (AvgIpc) is 3.20. The second-order valence-electron chi connectivity index (χ2n) is 6.39. The summed E-state index contributed by atoms with van der Waals surface area (Å²) in [6, 6.07) is 0. The minimum Gasteiger partial charge on any atom is -0.444 e. The summed E-state index contributed by atoms with van der Waals surface area (Å²) in [5.74, 6) is 2.52. The van der Waals surface area contributed by atoms with E-state index in [4.69, 9.17) is 14.1 Å². The van der Waals surface area contributed by atoms with Crippen molar-refractivity contribution in [2.45, 2.75) is 40.2 Å². The molecule has 3 heterocycles. The number of nitrogens with zero attached hydrogens (tertiary/aromatic N) is 3. The van der Waals surface area contributed by atoms with Crippen LogP contribution in [0, 0.1) is 19.3 Å². The van der Waals surface area contributed by atoms with Gasteiger partial charge in [-0.25, -0.2) is 9.98 Å². The number of oxazole rings is 1. The second kappa shape index (κ2) is 6.28. The Morgan fingerprint density at radius 1 is 1.41 bits per heavy atom. The molecule has 122 valence electrons. The van der Waals surface area contributed by atoms with Gasteiger partial charge < -0.3 is 19.4 Å². The maximum Gasteiger partial charge on any atom is 0.216 e. The molecule has 0 aliphatic carbocycles. The van der Waals surface area contributed by atoms with Gasteiger partial charge >= 0.3 is 0 Å². The molecule has 2 aliphatic rings. The Morgan fingerprint density at radius 2 is 2.27 bits per heavy atom. The third kappa shape index (κ3) is 3.11. The van der Waals surface area contributed by atoms with Crippen molar-refractivity contribution in [2.24, 2.45) is 10.4 Å². The van der Waals surface area contributed by atoms with E-state index in [1.807, 2.05) is 13.8 Å². The van der Waals surface area contributed by atoms with E-state index in [1.165, 1.54) is 12.8 Å². The summed E-state index contributed by atoms with van der Waals surface area (Å²) >= 11 is 0. The molecule has 1 atom stereocenters.